The third kappa shape index (κ3) is 3.24. The Balaban J connectivity index is 1.56. The fourth-order valence-corrected chi connectivity index (χ4v) is 2.75. The van der Waals surface area contributed by atoms with Gasteiger partial charge in [-0.15, -0.1) is 0 Å². The lowest BCUT2D eigenvalue weighted by atomic mass is 10.2. The monoisotopic (exact) mass is 299 g/mol. The van der Waals surface area contributed by atoms with E-state index in [0.717, 1.165) is 37.6 Å². The summed E-state index contributed by atoms with van der Waals surface area (Å²) in [7, 11) is 1.68. The van der Waals surface area contributed by atoms with Crippen molar-refractivity contribution in [3.05, 3.63) is 48.8 Å². The first-order valence-electron chi connectivity index (χ1n) is 7.54. The van der Waals surface area contributed by atoms with Crippen LogP contribution in [0.4, 0.5) is 5.69 Å². The summed E-state index contributed by atoms with van der Waals surface area (Å²) in [6, 6.07) is 11.9. The molecule has 0 bridgehead atoms. The Kier molecular flexibility index (Phi) is 4.32. The van der Waals surface area contributed by atoms with Gasteiger partial charge in [0.2, 0.25) is 5.91 Å². The van der Waals surface area contributed by atoms with Crippen molar-refractivity contribution in [3.63, 3.8) is 0 Å². The average Bonchev–Trinajstić information content (AvgIpc) is 3.08. The molecule has 5 heteroatoms. The van der Waals surface area contributed by atoms with E-state index in [9.17, 15) is 4.79 Å². The van der Waals surface area contributed by atoms with Gasteiger partial charge < -0.3 is 19.1 Å². The molecule has 1 aromatic carbocycles. The summed E-state index contributed by atoms with van der Waals surface area (Å²) in [5.74, 6) is 1.05. The highest BCUT2D eigenvalue weighted by Crippen LogP contribution is 2.22. The number of hydrogen-bond donors (Lipinski definition) is 0. The first-order valence-corrected chi connectivity index (χ1v) is 7.54. The van der Waals surface area contributed by atoms with Gasteiger partial charge in [0.1, 0.15) is 12.3 Å². The van der Waals surface area contributed by atoms with Crippen molar-refractivity contribution in [2.75, 3.05) is 38.2 Å². The van der Waals surface area contributed by atoms with Crippen molar-refractivity contribution < 1.29 is 9.53 Å². The lowest BCUT2D eigenvalue weighted by Crippen LogP contribution is -2.49. The second kappa shape index (κ2) is 6.56. The molecule has 5 nitrogen and oxygen atoms in total. The zero-order valence-electron chi connectivity index (χ0n) is 12.8. The number of carbonyl (C=O) groups excluding carboxylic acids is 1. The normalized spacial score (nSPS) is 15.0. The summed E-state index contributed by atoms with van der Waals surface area (Å²) in [6.07, 6.45) is 3.84. The molecule has 0 atom stereocenters. The van der Waals surface area contributed by atoms with E-state index in [4.69, 9.17) is 4.74 Å². The zero-order chi connectivity index (χ0) is 15.4. The highest BCUT2D eigenvalue weighted by Gasteiger charge is 2.21. The second-order valence-corrected chi connectivity index (χ2v) is 5.42. The average molecular weight is 299 g/mol. The fourth-order valence-electron chi connectivity index (χ4n) is 2.75. The molecule has 22 heavy (non-hydrogen) atoms. The highest BCUT2D eigenvalue weighted by atomic mass is 16.5. The van der Waals surface area contributed by atoms with Crippen molar-refractivity contribution in [1.29, 1.82) is 0 Å². The van der Waals surface area contributed by atoms with Gasteiger partial charge in [-0.05, 0) is 24.3 Å². The summed E-state index contributed by atoms with van der Waals surface area (Å²) in [6.45, 7) is 3.65. The molecule has 1 amide bonds. The second-order valence-electron chi connectivity index (χ2n) is 5.42. The lowest BCUT2D eigenvalue weighted by Gasteiger charge is -2.36. The number of anilines is 1. The minimum Gasteiger partial charge on any atom is -0.497 e. The summed E-state index contributed by atoms with van der Waals surface area (Å²) < 4.78 is 7.18. The molecule has 0 aliphatic carbocycles. The van der Waals surface area contributed by atoms with E-state index in [1.165, 1.54) is 0 Å². The van der Waals surface area contributed by atoms with E-state index in [2.05, 4.69) is 11.0 Å². The van der Waals surface area contributed by atoms with Crippen LogP contribution in [0.2, 0.25) is 0 Å². The Bertz CT molecular complexity index is 617. The molecule has 2 aromatic rings. The third-order valence-electron chi connectivity index (χ3n) is 4.03. The molecule has 3 rings (SSSR count). The maximum Gasteiger partial charge on any atom is 0.242 e. The van der Waals surface area contributed by atoms with Crippen LogP contribution in [-0.2, 0) is 11.3 Å². The number of methoxy groups -OCH3 is 1. The number of amides is 1. The Morgan fingerprint density at radius 3 is 2.50 bits per heavy atom. The number of piperazine rings is 1. The summed E-state index contributed by atoms with van der Waals surface area (Å²) in [4.78, 5) is 16.5. The number of aromatic nitrogens is 1. The number of carbonyl (C=O) groups is 1. The predicted octanol–water partition coefficient (Wildman–Crippen LogP) is 1.85. The maximum absolute atomic E-state index is 12.3. The minimum absolute atomic E-state index is 0.182. The van der Waals surface area contributed by atoms with Gasteiger partial charge in [-0.25, -0.2) is 0 Å². The van der Waals surface area contributed by atoms with Gasteiger partial charge in [0.15, 0.2) is 0 Å². The highest BCUT2D eigenvalue weighted by molar-refractivity contribution is 5.76. The summed E-state index contributed by atoms with van der Waals surface area (Å²) in [5, 5.41) is 0. The van der Waals surface area contributed by atoms with Crippen LogP contribution in [0.5, 0.6) is 5.75 Å². The number of ether oxygens (including phenoxy) is 1. The van der Waals surface area contributed by atoms with Crippen LogP contribution >= 0.6 is 0 Å². The maximum atomic E-state index is 12.3. The van der Waals surface area contributed by atoms with E-state index in [0.29, 0.717) is 6.54 Å². The molecule has 1 aliphatic rings. The smallest absolute Gasteiger partial charge is 0.242 e. The molecule has 1 saturated heterocycles. The van der Waals surface area contributed by atoms with Crippen LogP contribution in [0.3, 0.4) is 0 Å². The van der Waals surface area contributed by atoms with E-state index >= 15 is 0 Å². The van der Waals surface area contributed by atoms with Crippen LogP contribution in [0, 0.1) is 0 Å². The van der Waals surface area contributed by atoms with Gasteiger partial charge in [-0.2, -0.15) is 0 Å². The van der Waals surface area contributed by atoms with Gasteiger partial charge in [0, 0.05) is 50.3 Å². The van der Waals surface area contributed by atoms with Crippen molar-refractivity contribution >= 4 is 11.6 Å². The molecule has 1 fully saturated rings. The number of benzene rings is 1. The molecule has 2 heterocycles. The van der Waals surface area contributed by atoms with Gasteiger partial charge in [0.05, 0.1) is 7.11 Å². The molecular formula is C17H21N3O2. The molecule has 1 aromatic heterocycles. The quantitative estimate of drug-likeness (QED) is 0.864. The van der Waals surface area contributed by atoms with Crippen LogP contribution in [-0.4, -0.2) is 48.7 Å². The Morgan fingerprint density at radius 2 is 1.82 bits per heavy atom. The Labute approximate surface area is 130 Å². The van der Waals surface area contributed by atoms with E-state index < -0.39 is 0 Å². The first-order chi connectivity index (χ1) is 10.8. The van der Waals surface area contributed by atoms with E-state index in [1.54, 1.807) is 7.11 Å². The van der Waals surface area contributed by atoms with Crippen LogP contribution in [0.25, 0.3) is 0 Å². The van der Waals surface area contributed by atoms with Gasteiger partial charge in [0.25, 0.3) is 0 Å². The van der Waals surface area contributed by atoms with Gasteiger partial charge in [-0.1, -0.05) is 6.07 Å². The largest absolute Gasteiger partial charge is 0.497 e. The van der Waals surface area contributed by atoms with E-state index in [1.807, 2.05) is 52.2 Å². The molecule has 0 saturated carbocycles. The molecule has 1 aliphatic heterocycles. The van der Waals surface area contributed by atoms with Crippen LogP contribution < -0.4 is 9.64 Å². The number of hydrogen-bond acceptors (Lipinski definition) is 3. The summed E-state index contributed by atoms with van der Waals surface area (Å²) in [5.41, 5.74) is 1.15. The molecular weight excluding hydrogens is 278 g/mol. The van der Waals surface area contributed by atoms with Crippen molar-refractivity contribution in [3.8, 4) is 5.75 Å². The minimum atomic E-state index is 0.182. The molecule has 0 N–H and O–H groups in total. The summed E-state index contributed by atoms with van der Waals surface area (Å²) >= 11 is 0. The first kappa shape index (κ1) is 14.5. The van der Waals surface area contributed by atoms with Crippen molar-refractivity contribution in [2.45, 2.75) is 6.54 Å². The van der Waals surface area contributed by atoms with E-state index in [-0.39, 0.29) is 5.91 Å². The fraction of sp³-hybridized carbons (Fsp3) is 0.353. The number of nitrogens with zero attached hydrogens (tertiary/aromatic N) is 3. The van der Waals surface area contributed by atoms with Gasteiger partial charge in [-0.3, -0.25) is 4.79 Å². The third-order valence-corrected chi connectivity index (χ3v) is 4.03. The Morgan fingerprint density at radius 1 is 1.09 bits per heavy atom. The molecule has 0 unspecified atom stereocenters. The number of rotatable bonds is 4. The lowest BCUT2D eigenvalue weighted by molar-refractivity contribution is -0.132. The SMILES string of the molecule is COc1cccc(N2CCN(C(=O)Cn3cccc3)CC2)c1. The standard InChI is InChI=1S/C17H21N3O2/c1-22-16-6-4-5-15(13-16)19-9-11-20(12-10-19)17(21)14-18-7-2-3-8-18/h2-8,13H,9-12,14H2,1H3. The van der Waals surface area contributed by atoms with Crippen LogP contribution in [0.15, 0.2) is 48.8 Å². The molecule has 116 valence electrons. The Hall–Kier alpha value is -2.43. The molecule has 0 spiro atoms. The van der Waals surface area contributed by atoms with Crippen molar-refractivity contribution in [2.24, 2.45) is 0 Å². The topological polar surface area (TPSA) is 37.7 Å². The molecule has 0 radical (unpaired) electrons. The van der Waals surface area contributed by atoms with Crippen LogP contribution in [0.1, 0.15) is 0 Å². The van der Waals surface area contributed by atoms with Gasteiger partial charge >= 0.3 is 0 Å². The predicted molar refractivity (Wildman–Crippen MR) is 86.2 cm³/mol. The zero-order valence-corrected chi connectivity index (χ0v) is 12.8. The van der Waals surface area contributed by atoms with Crippen molar-refractivity contribution in [1.82, 2.24) is 9.47 Å².